The van der Waals surface area contributed by atoms with Crippen LogP contribution < -0.4 is 5.76 Å². The maximum atomic E-state index is 12.8. The van der Waals surface area contributed by atoms with E-state index in [1.807, 2.05) is 24.3 Å². The van der Waals surface area contributed by atoms with Gasteiger partial charge in [0.1, 0.15) is 0 Å². The van der Waals surface area contributed by atoms with E-state index in [0.29, 0.717) is 24.1 Å². The topological polar surface area (TPSA) is 92.6 Å². The molecule has 0 bridgehead atoms. The number of hydrogen-bond donors (Lipinski definition) is 1. The Hall–Kier alpha value is -2.42. The number of fused-ring (bicyclic) bond motifs is 2. The van der Waals surface area contributed by atoms with E-state index < -0.39 is 15.8 Å². The average molecular weight is 374 g/mol. The van der Waals surface area contributed by atoms with Crippen LogP contribution in [0.4, 0.5) is 0 Å². The lowest BCUT2D eigenvalue weighted by molar-refractivity contribution is 0.0202. The quantitative estimate of drug-likeness (QED) is 0.753. The lowest BCUT2D eigenvalue weighted by atomic mass is 9.99. The van der Waals surface area contributed by atoms with Gasteiger partial charge in [-0.25, -0.2) is 13.2 Å². The van der Waals surface area contributed by atoms with Crippen molar-refractivity contribution >= 4 is 21.1 Å². The van der Waals surface area contributed by atoms with Crippen LogP contribution in [0.2, 0.25) is 0 Å². The van der Waals surface area contributed by atoms with Crippen molar-refractivity contribution in [1.29, 1.82) is 0 Å². The summed E-state index contributed by atoms with van der Waals surface area (Å²) in [6, 6.07) is 12.3. The number of likely N-dealkylation sites (N-methyl/N-ethyl adjacent to an activating group) is 1. The zero-order valence-corrected chi connectivity index (χ0v) is 15.0. The number of rotatable bonds is 4. The van der Waals surface area contributed by atoms with Gasteiger partial charge < -0.3 is 9.15 Å². The van der Waals surface area contributed by atoms with Gasteiger partial charge in [0.2, 0.25) is 10.0 Å². The molecule has 0 saturated heterocycles. The molecule has 0 radical (unpaired) electrons. The van der Waals surface area contributed by atoms with Gasteiger partial charge in [-0.1, -0.05) is 24.3 Å². The fraction of sp³-hybridized carbons (Fsp3) is 0.278. The Morgan fingerprint density at radius 2 is 1.96 bits per heavy atom. The van der Waals surface area contributed by atoms with Crippen LogP contribution in [0.15, 0.2) is 56.6 Å². The van der Waals surface area contributed by atoms with Crippen molar-refractivity contribution in [3.8, 4) is 0 Å². The second-order valence-electron chi connectivity index (χ2n) is 6.36. The Balaban J connectivity index is 1.54. The highest BCUT2D eigenvalue weighted by Crippen LogP contribution is 2.23. The molecule has 1 aliphatic rings. The monoisotopic (exact) mass is 374 g/mol. The van der Waals surface area contributed by atoms with Crippen LogP contribution in [0.5, 0.6) is 0 Å². The van der Waals surface area contributed by atoms with Crippen molar-refractivity contribution in [2.24, 2.45) is 0 Å². The third-order valence-corrected chi connectivity index (χ3v) is 6.42. The van der Waals surface area contributed by atoms with Crippen molar-refractivity contribution in [2.75, 3.05) is 13.6 Å². The van der Waals surface area contributed by atoms with Gasteiger partial charge in [0.05, 0.1) is 23.1 Å². The Morgan fingerprint density at radius 3 is 2.77 bits per heavy atom. The van der Waals surface area contributed by atoms with Gasteiger partial charge in [0, 0.05) is 20.0 Å². The molecule has 1 atom stereocenters. The van der Waals surface area contributed by atoms with Crippen molar-refractivity contribution in [3.05, 3.63) is 64.1 Å². The molecule has 4 rings (SSSR count). The minimum absolute atomic E-state index is 0.0979. The number of hydrogen-bond acceptors (Lipinski definition) is 5. The highest BCUT2D eigenvalue weighted by molar-refractivity contribution is 7.89. The number of H-pyrrole nitrogens is 1. The zero-order chi connectivity index (χ0) is 18.3. The summed E-state index contributed by atoms with van der Waals surface area (Å²) in [5.74, 6) is -0.614. The van der Waals surface area contributed by atoms with Crippen LogP contribution in [-0.4, -0.2) is 37.4 Å². The number of aromatic nitrogens is 1. The van der Waals surface area contributed by atoms with Crippen LogP contribution in [0.25, 0.3) is 11.1 Å². The van der Waals surface area contributed by atoms with Gasteiger partial charge in [0.15, 0.2) is 5.58 Å². The first kappa shape index (κ1) is 17.0. The fourth-order valence-electron chi connectivity index (χ4n) is 3.18. The van der Waals surface area contributed by atoms with Gasteiger partial charge in [-0.15, -0.1) is 0 Å². The number of nitrogens with zero attached hydrogens (tertiary/aromatic N) is 1. The molecule has 8 heteroatoms. The zero-order valence-electron chi connectivity index (χ0n) is 14.1. The summed E-state index contributed by atoms with van der Waals surface area (Å²) in [7, 11) is -2.18. The van der Waals surface area contributed by atoms with Gasteiger partial charge in [0.25, 0.3) is 0 Å². The first-order valence-electron chi connectivity index (χ1n) is 8.21. The largest absolute Gasteiger partial charge is 0.417 e. The molecule has 136 valence electrons. The lowest BCUT2D eigenvalue weighted by Gasteiger charge is -2.28. The van der Waals surface area contributed by atoms with E-state index in [9.17, 15) is 13.2 Å². The smallest absolute Gasteiger partial charge is 0.408 e. The van der Waals surface area contributed by atoms with E-state index in [4.69, 9.17) is 9.15 Å². The lowest BCUT2D eigenvalue weighted by Crippen LogP contribution is -2.38. The van der Waals surface area contributed by atoms with E-state index in [0.717, 1.165) is 5.56 Å². The predicted octanol–water partition coefficient (Wildman–Crippen LogP) is 1.88. The van der Waals surface area contributed by atoms with Crippen molar-refractivity contribution in [1.82, 2.24) is 9.29 Å². The molecule has 0 spiro atoms. The summed E-state index contributed by atoms with van der Waals surface area (Å²) in [5, 5.41) is 0. The summed E-state index contributed by atoms with van der Waals surface area (Å²) < 4.78 is 37.7. The highest BCUT2D eigenvalue weighted by atomic mass is 32.2. The molecule has 1 aromatic heterocycles. The third kappa shape index (κ3) is 3.07. The van der Waals surface area contributed by atoms with Gasteiger partial charge in [-0.3, -0.25) is 4.98 Å². The molecule has 0 saturated carbocycles. The third-order valence-electron chi connectivity index (χ3n) is 4.60. The molecule has 7 nitrogen and oxygen atoms in total. The van der Waals surface area contributed by atoms with E-state index in [1.165, 1.54) is 35.1 Å². The average Bonchev–Trinajstić information content (AvgIpc) is 3.00. The van der Waals surface area contributed by atoms with Crippen LogP contribution in [-0.2, 0) is 27.8 Å². The van der Waals surface area contributed by atoms with Gasteiger partial charge >= 0.3 is 5.76 Å². The van der Waals surface area contributed by atoms with E-state index in [1.54, 1.807) is 0 Å². The maximum absolute atomic E-state index is 12.8. The predicted molar refractivity (Wildman–Crippen MR) is 95.4 cm³/mol. The molecule has 0 amide bonds. The Kier molecular flexibility index (Phi) is 4.18. The van der Waals surface area contributed by atoms with Crippen molar-refractivity contribution in [3.63, 3.8) is 0 Å². The molecule has 2 heterocycles. The van der Waals surface area contributed by atoms with E-state index in [-0.39, 0.29) is 17.5 Å². The molecule has 2 aromatic carbocycles. The van der Waals surface area contributed by atoms with Crippen LogP contribution in [0, 0.1) is 0 Å². The second-order valence-corrected chi connectivity index (χ2v) is 8.41. The summed E-state index contributed by atoms with van der Waals surface area (Å²) >= 11 is 0. The number of ether oxygens (including phenoxy) is 1. The number of nitrogens with one attached hydrogen (secondary N) is 1. The normalized spacial score (nSPS) is 17.5. The number of aromatic amines is 1. The first-order valence-corrected chi connectivity index (χ1v) is 9.65. The molecule has 0 unspecified atom stereocenters. The minimum Gasteiger partial charge on any atom is -0.408 e. The minimum atomic E-state index is -3.71. The molecular weight excluding hydrogens is 356 g/mol. The summed E-state index contributed by atoms with van der Waals surface area (Å²) in [6.07, 6.45) is 0.464. The number of benzene rings is 2. The fourth-order valence-corrected chi connectivity index (χ4v) is 4.41. The summed E-state index contributed by atoms with van der Waals surface area (Å²) in [5.41, 5.74) is 3.01. The number of sulfonamides is 1. The Labute approximate surface area is 150 Å². The van der Waals surface area contributed by atoms with E-state index in [2.05, 4.69) is 4.98 Å². The highest BCUT2D eigenvalue weighted by Gasteiger charge is 2.27. The van der Waals surface area contributed by atoms with Crippen LogP contribution in [0.3, 0.4) is 0 Å². The molecule has 0 fully saturated rings. The standard InChI is InChI=1S/C18H18N2O5S/c1-20(10-14-8-12-4-2-3-5-13(12)11-24-14)26(22,23)15-6-7-17-16(9-15)19-18(21)25-17/h2-7,9,14H,8,10-11H2,1H3,(H,19,21)/t14-/m0/s1. The summed E-state index contributed by atoms with van der Waals surface area (Å²) in [4.78, 5) is 13.8. The summed E-state index contributed by atoms with van der Waals surface area (Å²) in [6.45, 7) is 0.730. The van der Waals surface area contributed by atoms with Crippen molar-refractivity contribution < 1.29 is 17.6 Å². The Morgan fingerprint density at radius 1 is 1.19 bits per heavy atom. The molecule has 3 aromatic rings. The van der Waals surface area contributed by atoms with Crippen LogP contribution >= 0.6 is 0 Å². The first-order chi connectivity index (χ1) is 12.4. The Bertz CT molecular complexity index is 1120. The van der Waals surface area contributed by atoms with E-state index >= 15 is 0 Å². The SMILES string of the molecule is CN(C[C@@H]1Cc2ccccc2CO1)S(=O)(=O)c1ccc2oc(=O)[nH]c2c1. The molecule has 0 aliphatic carbocycles. The van der Waals surface area contributed by atoms with Gasteiger partial charge in [-0.2, -0.15) is 4.31 Å². The maximum Gasteiger partial charge on any atom is 0.417 e. The number of oxazole rings is 1. The molecular formula is C18H18N2O5S. The van der Waals surface area contributed by atoms with Crippen LogP contribution in [0.1, 0.15) is 11.1 Å². The van der Waals surface area contributed by atoms with Crippen molar-refractivity contribution in [2.45, 2.75) is 24.0 Å². The second kappa shape index (κ2) is 6.39. The van der Waals surface area contributed by atoms with Gasteiger partial charge in [-0.05, 0) is 29.3 Å². The molecule has 26 heavy (non-hydrogen) atoms. The molecule has 1 N–H and O–H groups in total. The molecule has 1 aliphatic heterocycles.